The first-order valence-electron chi connectivity index (χ1n) is 8.26. The first-order valence-corrected chi connectivity index (χ1v) is 8.26. The Hall–Kier alpha value is -1.82. The highest BCUT2D eigenvalue weighted by Gasteiger charge is 2.21. The third kappa shape index (κ3) is 3.10. The van der Waals surface area contributed by atoms with Crippen molar-refractivity contribution in [3.8, 4) is 0 Å². The average molecular weight is 276 g/mol. The molecule has 21 heavy (non-hydrogen) atoms. The van der Waals surface area contributed by atoms with Gasteiger partial charge in [-0.1, -0.05) is 80.8 Å². The van der Waals surface area contributed by atoms with Crippen molar-refractivity contribution in [2.75, 3.05) is 0 Å². The lowest BCUT2D eigenvalue weighted by atomic mass is 9.96. The molecule has 0 unspecified atom stereocenters. The molecule has 0 fully saturated rings. The van der Waals surface area contributed by atoms with E-state index in [1.165, 1.54) is 48.8 Å². The quantitative estimate of drug-likeness (QED) is 0.557. The van der Waals surface area contributed by atoms with Gasteiger partial charge >= 0.3 is 0 Å². The Morgan fingerprint density at radius 2 is 1.57 bits per heavy atom. The van der Waals surface area contributed by atoms with Crippen molar-refractivity contribution in [2.45, 2.75) is 45.4 Å². The van der Waals surface area contributed by atoms with E-state index < -0.39 is 0 Å². The molecule has 1 aliphatic carbocycles. The van der Waals surface area contributed by atoms with Gasteiger partial charge in [0.2, 0.25) is 0 Å². The van der Waals surface area contributed by atoms with Crippen LogP contribution >= 0.6 is 0 Å². The molecule has 0 amide bonds. The first-order chi connectivity index (χ1) is 10.4. The normalized spacial score (nSPS) is 13.6. The highest BCUT2D eigenvalue weighted by Crippen LogP contribution is 2.40. The summed E-state index contributed by atoms with van der Waals surface area (Å²) >= 11 is 0. The molecule has 0 saturated heterocycles. The zero-order valence-corrected chi connectivity index (χ0v) is 12.9. The number of allylic oxidation sites excluding steroid dienone is 2. The summed E-state index contributed by atoms with van der Waals surface area (Å²) in [5.74, 6) is 0. The molecule has 0 aromatic heterocycles. The second-order valence-electron chi connectivity index (χ2n) is 5.97. The number of rotatable bonds is 6. The highest BCUT2D eigenvalue weighted by molar-refractivity contribution is 5.97. The van der Waals surface area contributed by atoms with Crippen LogP contribution < -0.4 is 0 Å². The highest BCUT2D eigenvalue weighted by atomic mass is 14.2. The summed E-state index contributed by atoms with van der Waals surface area (Å²) in [6.07, 6.45) is 7.65. The van der Waals surface area contributed by atoms with Gasteiger partial charge in [0, 0.05) is 0 Å². The van der Waals surface area contributed by atoms with E-state index >= 15 is 0 Å². The van der Waals surface area contributed by atoms with E-state index in [1.807, 2.05) is 0 Å². The summed E-state index contributed by atoms with van der Waals surface area (Å²) in [6, 6.07) is 19.9. The maximum Gasteiger partial charge on any atom is -0.00108 e. The monoisotopic (exact) mass is 276 g/mol. The fourth-order valence-electron chi connectivity index (χ4n) is 3.36. The predicted octanol–water partition coefficient (Wildman–Crippen LogP) is 6.12. The van der Waals surface area contributed by atoms with Crippen LogP contribution in [0.1, 0.15) is 55.7 Å². The van der Waals surface area contributed by atoms with Gasteiger partial charge in [-0.05, 0) is 47.1 Å². The number of benzene rings is 2. The van der Waals surface area contributed by atoms with Crippen molar-refractivity contribution >= 4 is 11.1 Å². The van der Waals surface area contributed by atoms with Gasteiger partial charge in [-0.3, -0.25) is 0 Å². The van der Waals surface area contributed by atoms with E-state index in [9.17, 15) is 0 Å². The second-order valence-corrected chi connectivity index (χ2v) is 5.97. The van der Waals surface area contributed by atoms with Gasteiger partial charge in [0.15, 0.2) is 0 Å². The first kappa shape index (κ1) is 14.1. The minimum Gasteiger partial charge on any atom is -0.0654 e. The van der Waals surface area contributed by atoms with E-state index in [-0.39, 0.29) is 0 Å². The van der Waals surface area contributed by atoms with E-state index in [4.69, 9.17) is 0 Å². The van der Waals surface area contributed by atoms with Gasteiger partial charge < -0.3 is 0 Å². The van der Waals surface area contributed by atoms with Crippen molar-refractivity contribution in [3.63, 3.8) is 0 Å². The molecule has 3 rings (SSSR count). The molecule has 0 radical (unpaired) electrons. The summed E-state index contributed by atoms with van der Waals surface area (Å²) in [6.45, 7) is 2.28. The van der Waals surface area contributed by atoms with Crippen LogP contribution in [0.2, 0.25) is 0 Å². The topological polar surface area (TPSA) is 0 Å². The Bertz CT molecular complexity index is 619. The van der Waals surface area contributed by atoms with E-state index in [2.05, 4.69) is 61.5 Å². The molecule has 1 aliphatic rings. The molecule has 108 valence electrons. The fraction of sp³-hybridized carbons (Fsp3) is 0.333. The Labute approximate surface area is 128 Å². The molecule has 0 heteroatoms. The molecule has 0 heterocycles. The lowest BCUT2D eigenvalue weighted by Crippen LogP contribution is -1.87. The van der Waals surface area contributed by atoms with E-state index in [0.29, 0.717) is 0 Å². The van der Waals surface area contributed by atoms with Crippen LogP contribution in [0.5, 0.6) is 0 Å². The Morgan fingerprint density at radius 3 is 2.38 bits per heavy atom. The molecular formula is C21H24. The number of hydrogen-bond acceptors (Lipinski definition) is 0. The van der Waals surface area contributed by atoms with Crippen LogP contribution in [0.25, 0.3) is 11.1 Å². The Balaban J connectivity index is 1.89. The van der Waals surface area contributed by atoms with E-state index in [1.54, 1.807) is 11.1 Å². The van der Waals surface area contributed by atoms with Crippen molar-refractivity contribution in [1.29, 1.82) is 0 Å². The second kappa shape index (κ2) is 6.76. The smallest absolute Gasteiger partial charge is 0.00108 e. The van der Waals surface area contributed by atoms with Gasteiger partial charge in [0.25, 0.3) is 0 Å². The summed E-state index contributed by atoms with van der Waals surface area (Å²) < 4.78 is 0. The van der Waals surface area contributed by atoms with Crippen molar-refractivity contribution in [1.82, 2.24) is 0 Å². The molecule has 2 aromatic rings. The molecule has 0 bridgehead atoms. The predicted molar refractivity (Wildman–Crippen MR) is 92.2 cm³/mol. The summed E-state index contributed by atoms with van der Waals surface area (Å²) in [4.78, 5) is 0. The molecule has 0 saturated carbocycles. The number of unbranched alkanes of at least 4 members (excludes halogenated alkanes) is 3. The molecular weight excluding hydrogens is 252 g/mol. The molecule has 2 aromatic carbocycles. The Morgan fingerprint density at radius 1 is 0.810 bits per heavy atom. The molecule has 0 N–H and O–H groups in total. The zero-order valence-electron chi connectivity index (χ0n) is 12.9. The van der Waals surface area contributed by atoms with Gasteiger partial charge in [-0.15, -0.1) is 0 Å². The zero-order chi connectivity index (χ0) is 14.5. The van der Waals surface area contributed by atoms with E-state index in [0.717, 1.165) is 6.42 Å². The van der Waals surface area contributed by atoms with Crippen molar-refractivity contribution < 1.29 is 0 Å². The van der Waals surface area contributed by atoms with Crippen molar-refractivity contribution in [3.05, 3.63) is 71.3 Å². The van der Waals surface area contributed by atoms with Crippen LogP contribution in [0.4, 0.5) is 0 Å². The molecule has 0 aliphatic heterocycles. The summed E-state index contributed by atoms with van der Waals surface area (Å²) in [5.41, 5.74) is 7.54. The number of fused-ring (bicyclic) bond motifs is 1. The number of hydrogen-bond donors (Lipinski definition) is 0. The molecule has 0 spiro atoms. The van der Waals surface area contributed by atoms with Crippen LogP contribution in [0.3, 0.4) is 0 Å². The molecule has 0 atom stereocenters. The van der Waals surface area contributed by atoms with Gasteiger partial charge in [-0.2, -0.15) is 0 Å². The maximum atomic E-state index is 2.31. The lowest BCUT2D eigenvalue weighted by molar-refractivity contribution is 0.679. The maximum absolute atomic E-state index is 2.31. The standard InChI is InChI=1S/C21H24/c1-2-3-4-8-15-20-19-14-10-9-13-18(19)16-21(20)17-11-6-5-7-12-17/h5-7,9-14H,2-4,8,15-16H2,1H3. The van der Waals surface area contributed by atoms with Gasteiger partial charge in [-0.25, -0.2) is 0 Å². The Kier molecular flexibility index (Phi) is 4.55. The minimum absolute atomic E-state index is 1.10. The third-order valence-electron chi connectivity index (χ3n) is 4.48. The van der Waals surface area contributed by atoms with Crippen LogP contribution in [0.15, 0.2) is 54.6 Å². The third-order valence-corrected chi connectivity index (χ3v) is 4.48. The SMILES string of the molecule is CCCCCCC1=C(c2ccccc2)Cc2ccccc21. The minimum atomic E-state index is 1.10. The van der Waals surface area contributed by atoms with Crippen LogP contribution in [-0.4, -0.2) is 0 Å². The van der Waals surface area contributed by atoms with Crippen LogP contribution in [0, 0.1) is 0 Å². The largest absolute Gasteiger partial charge is 0.0654 e. The van der Waals surface area contributed by atoms with Crippen LogP contribution in [-0.2, 0) is 6.42 Å². The fourth-order valence-corrected chi connectivity index (χ4v) is 3.36. The summed E-state index contributed by atoms with van der Waals surface area (Å²) in [5, 5.41) is 0. The van der Waals surface area contributed by atoms with Gasteiger partial charge in [0.1, 0.15) is 0 Å². The average Bonchev–Trinajstić information content (AvgIpc) is 2.91. The lowest BCUT2D eigenvalue weighted by Gasteiger charge is -2.09. The summed E-state index contributed by atoms with van der Waals surface area (Å²) in [7, 11) is 0. The van der Waals surface area contributed by atoms with Crippen molar-refractivity contribution in [2.24, 2.45) is 0 Å². The molecule has 0 nitrogen and oxygen atoms in total. The van der Waals surface area contributed by atoms with Gasteiger partial charge in [0.05, 0.1) is 0 Å².